The van der Waals surface area contributed by atoms with Gasteiger partial charge in [-0.1, -0.05) is 45.0 Å². The van der Waals surface area contributed by atoms with Crippen LogP contribution < -0.4 is 5.32 Å². The largest absolute Gasteiger partial charge is 0.379 e. The molecule has 10 heteroatoms. The molecule has 1 aliphatic rings. The number of carbonyl (C=O) groups is 1. The van der Waals surface area contributed by atoms with Gasteiger partial charge in [-0.15, -0.1) is 0 Å². The van der Waals surface area contributed by atoms with Crippen molar-refractivity contribution < 1.29 is 9.53 Å². The van der Waals surface area contributed by atoms with E-state index in [1.54, 1.807) is 6.20 Å². The average molecular weight is 527 g/mol. The molecule has 202 valence electrons. The number of hydrogen-bond acceptors (Lipinski definition) is 7. The van der Waals surface area contributed by atoms with E-state index in [1.165, 1.54) is 5.56 Å². The van der Waals surface area contributed by atoms with Gasteiger partial charge in [0.05, 0.1) is 41.8 Å². The van der Waals surface area contributed by atoms with Gasteiger partial charge in [0.1, 0.15) is 11.4 Å². The standard InChI is InChI=1S/C29H34N8O2/c1-29(2,3)25(30)16-23(32-20-7-5-4-6-8-20)28(38)35-24-17-31-36-26(24)27-33-21-10-9-19(15-22(21)34-27)18-37-11-13-39-14-12-37/h4-10,15,17,30H,11-14,16,18H2,1-3H3,(H,31,36)(H,33,34)(H,35,38). The number of benzene rings is 2. The van der Waals surface area contributed by atoms with Crippen molar-refractivity contribution in [2.24, 2.45) is 10.4 Å². The fourth-order valence-corrected chi connectivity index (χ4v) is 4.31. The van der Waals surface area contributed by atoms with Gasteiger partial charge in [-0.2, -0.15) is 5.10 Å². The third kappa shape index (κ3) is 6.47. The second-order valence-corrected chi connectivity index (χ2v) is 10.7. The molecule has 0 spiro atoms. The molecule has 4 aromatic rings. The number of nitrogens with zero attached hydrogens (tertiary/aromatic N) is 4. The first-order valence-corrected chi connectivity index (χ1v) is 13.1. The number of fused-ring (bicyclic) bond motifs is 1. The number of morpholine rings is 1. The van der Waals surface area contributed by atoms with Crippen LogP contribution in [0.5, 0.6) is 0 Å². The van der Waals surface area contributed by atoms with Crippen molar-refractivity contribution >= 4 is 39.7 Å². The van der Waals surface area contributed by atoms with Crippen LogP contribution in [-0.4, -0.2) is 68.7 Å². The number of aromatic nitrogens is 4. The van der Waals surface area contributed by atoms with Crippen LogP contribution in [0, 0.1) is 10.8 Å². The third-order valence-corrected chi connectivity index (χ3v) is 6.71. The zero-order valence-electron chi connectivity index (χ0n) is 22.5. The summed E-state index contributed by atoms with van der Waals surface area (Å²) in [6.07, 6.45) is 1.69. The number of imidazole rings is 1. The average Bonchev–Trinajstić information content (AvgIpc) is 3.55. The van der Waals surface area contributed by atoms with Crippen molar-refractivity contribution in [2.45, 2.75) is 33.7 Å². The van der Waals surface area contributed by atoms with E-state index in [0.29, 0.717) is 28.6 Å². The van der Waals surface area contributed by atoms with Crippen LogP contribution in [0.25, 0.3) is 22.6 Å². The fraction of sp³-hybridized carbons (Fsp3) is 0.345. The predicted molar refractivity (Wildman–Crippen MR) is 154 cm³/mol. The first kappa shape index (κ1) is 26.5. The Morgan fingerprint density at radius 2 is 1.92 bits per heavy atom. The molecule has 1 saturated heterocycles. The van der Waals surface area contributed by atoms with E-state index in [0.717, 1.165) is 43.9 Å². The lowest BCUT2D eigenvalue weighted by atomic mass is 9.87. The first-order chi connectivity index (χ1) is 18.8. The molecular weight excluding hydrogens is 492 g/mol. The summed E-state index contributed by atoms with van der Waals surface area (Å²) in [5.74, 6) is 0.185. The molecule has 0 saturated carbocycles. The van der Waals surface area contributed by atoms with Gasteiger partial charge in [-0.05, 0) is 35.2 Å². The van der Waals surface area contributed by atoms with Crippen LogP contribution in [-0.2, 0) is 16.1 Å². The lowest BCUT2D eigenvalue weighted by molar-refractivity contribution is -0.110. The van der Waals surface area contributed by atoms with Gasteiger partial charge in [0.2, 0.25) is 0 Å². The molecule has 1 amide bonds. The Labute approximate surface area is 227 Å². The Kier molecular flexibility index (Phi) is 7.67. The van der Waals surface area contributed by atoms with Gasteiger partial charge in [-0.25, -0.2) is 9.98 Å². The summed E-state index contributed by atoms with van der Waals surface area (Å²) in [5, 5.41) is 18.6. The summed E-state index contributed by atoms with van der Waals surface area (Å²) in [4.78, 5) is 28.5. The number of carbonyl (C=O) groups excluding carboxylic acids is 1. The van der Waals surface area contributed by atoms with E-state index >= 15 is 0 Å². The summed E-state index contributed by atoms with van der Waals surface area (Å²) in [6.45, 7) is 10.1. The Morgan fingerprint density at radius 1 is 1.15 bits per heavy atom. The van der Waals surface area contributed by atoms with Crippen LogP contribution in [0.15, 0.2) is 59.7 Å². The molecular formula is C29H34N8O2. The number of aromatic amines is 2. The fourth-order valence-electron chi connectivity index (χ4n) is 4.31. The van der Waals surface area contributed by atoms with Crippen molar-refractivity contribution in [1.82, 2.24) is 25.1 Å². The van der Waals surface area contributed by atoms with Crippen molar-refractivity contribution in [1.29, 1.82) is 5.41 Å². The van der Waals surface area contributed by atoms with Crippen molar-refractivity contribution in [3.05, 3.63) is 60.3 Å². The third-order valence-electron chi connectivity index (χ3n) is 6.71. The van der Waals surface area contributed by atoms with Crippen LogP contribution in [0.1, 0.15) is 32.8 Å². The summed E-state index contributed by atoms with van der Waals surface area (Å²) in [6, 6.07) is 15.5. The number of para-hydroxylation sites is 1. The summed E-state index contributed by atoms with van der Waals surface area (Å²) < 4.78 is 5.45. The number of anilines is 1. The second kappa shape index (κ2) is 11.3. The Balaban J connectivity index is 1.37. The molecule has 2 aromatic carbocycles. The second-order valence-electron chi connectivity index (χ2n) is 10.7. The summed E-state index contributed by atoms with van der Waals surface area (Å²) in [5.41, 5.74) is 4.93. The highest BCUT2D eigenvalue weighted by Gasteiger charge is 2.24. The van der Waals surface area contributed by atoms with Gasteiger partial charge in [0, 0.05) is 31.8 Å². The Hall–Kier alpha value is -4.15. The summed E-state index contributed by atoms with van der Waals surface area (Å²) >= 11 is 0. The molecule has 4 N–H and O–H groups in total. The Morgan fingerprint density at radius 3 is 2.67 bits per heavy atom. The van der Waals surface area contributed by atoms with E-state index in [-0.39, 0.29) is 23.5 Å². The quantitative estimate of drug-likeness (QED) is 0.241. The van der Waals surface area contributed by atoms with Gasteiger partial charge < -0.3 is 20.4 Å². The summed E-state index contributed by atoms with van der Waals surface area (Å²) in [7, 11) is 0. The predicted octanol–water partition coefficient (Wildman–Crippen LogP) is 4.95. The smallest absolute Gasteiger partial charge is 0.270 e. The van der Waals surface area contributed by atoms with Gasteiger partial charge in [0.25, 0.3) is 5.91 Å². The molecule has 0 unspecified atom stereocenters. The van der Waals surface area contributed by atoms with Gasteiger partial charge >= 0.3 is 0 Å². The van der Waals surface area contributed by atoms with Gasteiger partial charge in [0.15, 0.2) is 5.82 Å². The maximum absolute atomic E-state index is 13.4. The van der Waals surface area contributed by atoms with Crippen molar-refractivity contribution in [3.8, 4) is 11.5 Å². The van der Waals surface area contributed by atoms with E-state index in [9.17, 15) is 4.79 Å². The number of aliphatic imine (C=N–C) groups is 1. The maximum Gasteiger partial charge on any atom is 0.270 e. The van der Waals surface area contributed by atoms with Gasteiger partial charge in [-0.3, -0.25) is 14.8 Å². The maximum atomic E-state index is 13.4. The number of amides is 1. The highest BCUT2D eigenvalue weighted by Crippen LogP contribution is 2.27. The molecule has 3 heterocycles. The number of H-pyrrole nitrogens is 2. The van der Waals surface area contributed by atoms with E-state index in [4.69, 9.17) is 15.1 Å². The minimum atomic E-state index is -0.389. The normalized spacial score (nSPS) is 15.0. The molecule has 1 aliphatic heterocycles. The van der Waals surface area contributed by atoms with E-state index < -0.39 is 0 Å². The monoisotopic (exact) mass is 526 g/mol. The molecule has 0 atom stereocenters. The number of hydrogen-bond donors (Lipinski definition) is 4. The molecule has 0 radical (unpaired) electrons. The van der Waals surface area contributed by atoms with Crippen LogP contribution in [0.3, 0.4) is 0 Å². The zero-order chi connectivity index (χ0) is 27.4. The molecule has 0 bridgehead atoms. The molecule has 2 aromatic heterocycles. The molecule has 5 rings (SSSR count). The Bertz CT molecular complexity index is 1490. The highest BCUT2D eigenvalue weighted by molar-refractivity contribution is 6.46. The first-order valence-electron chi connectivity index (χ1n) is 13.1. The van der Waals surface area contributed by atoms with Crippen LogP contribution >= 0.6 is 0 Å². The number of rotatable bonds is 8. The number of ether oxygens (including phenoxy) is 1. The van der Waals surface area contributed by atoms with Crippen molar-refractivity contribution in [3.63, 3.8) is 0 Å². The topological polar surface area (TPSA) is 135 Å². The highest BCUT2D eigenvalue weighted by atomic mass is 16.5. The van der Waals surface area contributed by atoms with E-state index in [2.05, 4.69) is 42.5 Å². The van der Waals surface area contributed by atoms with E-state index in [1.807, 2.05) is 57.2 Å². The molecule has 0 aliphatic carbocycles. The lowest BCUT2D eigenvalue weighted by Crippen LogP contribution is -2.35. The van der Waals surface area contributed by atoms with Crippen molar-refractivity contribution in [2.75, 3.05) is 31.6 Å². The zero-order valence-corrected chi connectivity index (χ0v) is 22.5. The number of nitrogens with one attached hydrogen (secondary N) is 4. The van der Waals surface area contributed by atoms with Crippen LogP contribution in [0.4, 0.5) is 11.4 Å². The minimum Gasteiger partial charge on any atom is -0.379 e. The minimum absolute atomic E-state index is 0.133. The lowest BCUT2D eigenvalue weighted by Gasteiger charge is -2.26. The molecule has 1 fully saturated rings. The molecule has 39 heavy (non-hydrogen) atoms. The SMILES string of the molecule is CC(C)(C)C(=N)CC(=Nc1ccccc1)C(=O)Nc1cn[nH]c1-c1nc2ccc(CN3CCOCC3)cc2[nH]1. The van der Waals surface area contributed by atoms with Crippen LogP contribution in [0.2, 0.25) is 0 Å². The molecule has 10 nitrogen and oxygen atoms in total.